The predicted octanol–water partition coefficient (Wildman–Crippen LogP) is -1.49. The lowest BCUT2D eigenvalue weighted by molar-refractivity contribution is -0.150. The number of aliphatic carboxylic acids is 1. The summed E-state index contributed by atoms with van der Waals surface area (Å²) in [7, 11) is 2.88. The number of hydrogen-bond donors (Lipinski definition) is 3. The number of hydrogen-bond acceptors (Lipinski definition) is 14. The molecule has 0 saturated carbocycles. The van der Waals surface area contributed by atoms with Gasteiger partial charge in [-0.25, -0.2) is 9.48 Å². The van der Waals surface area contributed by atoms with Crippen LogP contribution in [0.2, 0.25) is 0 Å². The van der Waals surface area contributed by atoms with Crippen molar-refractivity contribution in [2.75, 3.05) is 23.9 Å². The topological polar surface area (TPSA) is 207 Å². The molecule has 16 nitrogen and oxygen atoms in total. The molecule has 2 aromatic heterocycles. The summed E-state index contributed by atoms with van der Waals surface area (Å²) in [6.45, 7) is 0. The highest BCUT2D eigenvalue weighted by atomic mass is 32.2. The van der Waals surface area contributed by atoms with Crippen molar-refractivity contribution in [1.29, 1.82) is 0 Å². The van der Waals surface area contributed by atoms with Crippen LogP contribution in [0.15, 0.2) is 21.6 Å². The smallest absolute Gasteiger partial charge is 0.352 e. The molecule has 0 aliphatic carbocycles. The van der Waals surface area contributed by atoms with Crippen LogP contribution in [0, 0.1) is 0 Å². The Bertz CT molecular complexity index is 1240. The van der Waals surface area contributed by atoms with Gasteiger partial charge in [0.05, 0.1) is 0 Å². The molecular formula is C16H16N10O6S3. The lowest BCUT2D eigenvalue weighted by atomic mass is 10.0. The van der Waals surface area contributed by atoms with Crippen molar-refractivity contribution in [1.82, 2.24) is 39.8 Å². The Labute approximate surface area is 208 Å². The third kappa shape index (κ3) is 4.82. The molecule has 4 rings (SSSR count). The van der Waals surface area contributed by atoms with Crippen LogP contribution < -0.4 is 10.6 Å². The first-order valence-corrected chi connectivity index (χ1v) is 12.4. The number of rotatable bonds is 10. The molecule has 0 aromatic carbocycles. The minimum atomic E-state index is -1.25. The number of anilines is 1. The molecule has 184 valence electrons. The number of carboxylic acid groups (broad SMARTS) is 1. The zero-order valence-electron chi connectivity index (χ0n) is 17.9. The normalized spacial score (nSPS) is 19.7. The molecule has 35 heavy (non-hydrogen) atoms. The van der Waals surface area contributed by atoms with Crippen LogP contribution in [0.4, 0.5) is 5.13 Å². The fourth-order valence-electron chi connectivity index (χ4n) is 3.20. The SMILES string of the molecule is CON=C(C(=O)NC1C(=O)N2C(C(=O)O)=C(CSc3nnnn3C)CS[C@@H]12)c1nsc(NC=O)n1. The quantitative estimate of drug-likeness (QED) is 0.103. The summed E-state index contributed by atoms with van der Waals surface area (Å²) in [6.07, 6.45) is 0.407. The van der Waals surface area contributed by atoms with Gasteiger partial charge in [0, 0.05) is 30.1 Å². The van der Waals surface area contributed by atoms with E-state index in [0.717, 1.165) is 16.4 Å². The van der Waals surface area contributed by atoms with E-state index in [9.17, 15) is 24.3 Å². The number of amides is 3. The van der Waals surface area contributed by atoms with E-state index >= 15 is 0 Å². The largest absolute Gasteiger partial charge is 0.477 e. The molecule has 0 spiro atoms. The van der Waals surface area contributed by atoms with Gasteiger partial charge in [-0.05, 0) is 16.0 Å². The second-order valence-corrected chi connectivity index (χ2v) is 9.60. The van der Waals surface area contributed by atoms with Crippen LogP contribution in [0.5, 0.6) is 0 Å². The van der Waals surface area contributed by atoms with E-state index in [1.54, 1.807) is 7.05 Å². The van der Waals surface area contributed by atoms with Crippen LogP contribution in [0.3, 0.4) is 0 Å². The van der Waals surface area contributed by atoms with Crippen molar-refractivity contribution in [3.8, 4) is 0 Å². The molecule has 2 aromatic rings. The molecule has 3 N–H and O–H groups in total. The van der Waals surface area contributed by atoms with Crippen molar-refractivity contribution in [2.45, 2.75) is 16.6 Å². The van der Waals surface area contributed by atoms with Crippen molar-refractivity contribution in [2.24, 2.45) is 12.2 Å². The summed E-state index contributed by atoms with van der Waals surface area (Å²) in [6, 6.07) is -0.993. The average molecular weight is 541 g/mol. The van der Waals surface area contributed by atoms with E-state index < -0.39 is 29.2 Å². The summed E-state index contributed by atoms with van der Waals surface area (Å²) in [5.41, 5.74) is 0.106. The molecule has 3 amide bonds. The van der Waals surface area contributed by atoms with Gasteiger partial charge in [0.15, 0.2) is 0 Å². The van der Waals surface area contributed by atoms with Crippen LogP contribution in [-0.2, 0) is 31.1 Å². The molecule has 2 atom stereocenters. The van der Waals surface area contributed by atoms with E-state index in [4.69, 9.17) is 4.84 Å². The summed E-state index contributed by atoms with van der Waals surface area (Å²) in [4.78, 5) is 58.2. The van der Waals surface area contributed by atoms with E-state index in [-0.39, 0.29) is 28.1 Å². The van der Waals surface area contributed by atoms with E-state index in [1.165, 1.54) is 35.3 Å². The summed E-state index contributed by atoms with van der Waals surface area (Å²) in [5, 5.41) is 29.4. The highest BCUT2D eigenvalue weighted by molar-refractivity contribution is 8.01. The molecule has 0 radical (unpaired) electrons. The van der Waals surface area contributed by atoms with Gasteiger partial charge in [0.25, 0.3) is 11.8 Å². The fraction of sp³-hybridized carbons (Fsp3) is 0.375. The Morgan fingerprint density at radius 1 is 1.43 bits per heavy atom. The summed E-state index contributed by atoms with van der Waals surface area (Å²) in [5.74, 6) is -2.13. The van der Waals surface area contributed by atoms with Crippen molar-refractivity contribution in [3.63, 3.8) is 0 Å². The predicted molar refractivity (Wildman–Crippen MR) is 122 cm³/mol. The number of nitrogens with zero attached hydrogens (tertiary/aromatic N) is 8. The molecule has 1 fully saturated rings. The molecule has 1 unspecified atom stereocenters. The number of oxime groups is 1. The Hall–Kier alpha value is -3.58. The van der Waals surface area contributed by atoms with Gasteiger partial charge < -0.3 is 20.6 Å². The Balaban J connectivity index is 1.48. The number of nitrogens with one attached hydrogen (secondary N) is 2. The molecule has 4 heterocycles. The first-order valence-electron chi connectivity index (χ1n) is 9.57. The highest BCUT2D eigenvalue weighted by Gasteiger charge is 2.54. The van der Waals surface area contributed by atoms with Crippen LogP contribution in [0.1, 0.15) is 5.82 Å². The fourth-order valence-corrected chi connectivity index (χ4v) is 6.07. The monoisotopic (exact) mass is 540 g/mol. The van der Waals surface area contributed by atoms with Gasteiger partial charge in [0.2, 0.25) is 28.2 Å². The lowest BCUT2D eigenvalue weighted by Gasteiger charge is -2.49. The second kappa shape index (κ2) is 10.4. The number of carbonyl (C=O) groups is 4. The zero-order chi connectivity index (χ0) is 25.1. The molecular weight excluding hydrogens is 524 g/mol. The average Bonchev–Trinajstić information content (AvgIpc) is 3.47. The number of tetrazole rings is 1. The lowest BCUT2D eigenvalue weighted by Crippen LogP contribution is -2.71. The minimum Gasteiger partial charge on any atom is -0.477 e. The number of aryl methyl sites for hydroxylation is 1. The summed E-state index contributed by atoms with van der Waals surface area (Å²) >= 11 is 3.39. The van der Waals surface area contributed by atoms with Gasteiger partial charge in [-0.15, -0.1) is 16.9 Å². The molecule has 19 heteroatoms. The first kappa shape index (κ1) is 24.5. The van der Waals surface area contributed by atoms with Crippen LogP contribution >= 0.6 is 35.1 Å². The highest BCUT2D eigenvalue weighted by Crippen LogP contribution is 2.41. The van der Waals surface area contributed by atoms with Gasteiger partial charge in [-0.1, -0.05) is 16.9 Å². The van der Waals surface area contributed by atoms with Crippen molar-refractivity contribution >= 4 is 70.1 Å². The van der Waals surface area contributed by atoms with Gasteiger partial charge >= 0.3 is 5.97 Å². The van der Waals surface area contributed by atoms with Gasteiger partial charge in [-0.2, -0.15) is 9.36 Å². The zero-order valence-corrected chi connectivity index (χ0v) is 20.4. The molecule has 2 aliphatic rings. The third-order valence-electron chi connectivity index (χ3n) is 4.71. The molecule has 1 saturated heterocycles. The Kier molecular flexibility index (Phi) is 7.26. The van der Waals surface area contributed by atoms with E-state index in [0.29, 0.717) is 22.9 Å². The van der Waals surface area contributed by atoms with Crippen molar-refractivity contribution < 1.29 is 29.1 Å². The maximum atomic E-state index is 12.9. The number of carboxylic acids is 1. The second-order valence-electron chi connectivity index (χ2n) is 6.80. The number of aromatic nitrogens is 6. The number of thioether (sulfide) groups is 2. The van der Waals surface area contributed by atoms with Gasteiger partial charge in [0.1, 0.15) is 24.2 Å². The van der Waals surface area contributed by atoms with Gasteiger partial charge in [-0.3, -0.25) is 19.3 Å². The number of β-lactam (4-membered cyclic amide) rings is 1. The molecule has 0 bridgehead atoms. The maximum absolute atomic E-state index is 12.9. The number of fused-ring (bicyclic) bond motifs is 1. The third-order valence-corrected chi connectivity index (χ3v) is 7.79. The minimum absolute atomic E-state index is 0.109. The molecule has 2 aliphatic heterocycles. The van der Waals surface area contributed by atoms with E-state index in [1.807, 2.05) is 0 Å². The maximum Gasteiger partial charge on any atom is 0.352 e. The van der Waals surface area contributed by atoms with E-state index in [2.05, 4.69) is 40.7 Å². The first-order chi connectivity index (χ1) is 16.8. The standard InChI is InChI=1S/C16H16N10O6S3/c1-25-16(20-23-24-25)34-4-6-3-33-13-8(12(29)26(13)9(6)14(30)31)18-11(28)7(21-32-2)10-19-15(17-5-27)35-22-10/h5,8,13H,3-4H2,1-2H3,(H,18,28)(H,30,31)(H,17,19,22,27)/t8?,13-/m0/s1. The van der Waals surface area contributed by atoms with Crippen LogP contribution in [-0.4, -0.2) is 99.5 Å². The number of carbonyl (C=O) groups excluding carboxylic acids is 3. The summed E-state index contributed by atoms with van der Waals surface area (Å²) < 4.78 is 5.41. The van der Waals surface area contributed by atoms with Crippen LogP contribution in [0.25, 0.3) is 0 Å². The van der Waals surface area contributed by atoms with Crippen molar-refractivity contribution in [3.05, 3.63) is 17.1 Å². The Morgan fingerprint density at radius 3 is 2.89 bits per heavy atom. The Morgan fingerprint density at radius 2 is 2.23 bits per heavy atom.